The zero-order chi connectivity index (χ0) is 14.5. The summed E-state index contributed by atoms with van der Waals surface area (Å²) in [4.78, 5) is 2.19. The minimum Gasteiger partial charge on any atom is -0.344 e. The summed E-state index contributed by atoms with van der Waals surface area (Å²) in [6, 6.07) is 14.5. The molecule has 0 spiro atoms. The fourth-order valence-corrected chi connectivity index (χ4v) is 2.40. The van der Waals surface area contributed by atoms with Crippen LogP contribution in [0.25, 0.3) is 0 Å². The minimum atomic E-state index is 0.764. The van der Waals surface area contributed by atoms with Crippen LogP contribution in [0, 0.1) is 6.92 Å². The molecule has 0 aromatic heterocycles. The molecule has 0 radical (unpaired) electrons. The normalized spacial score (nSPS) is 10.6. The van der Waals surface area contributed by atoms with Crippen LogP contribution in [0.1, 0.15) is 18.1 Å². The molecule has 1 N–H and O–H groups in total. The molecule has 2 aromatic carbocycles. The fourth-order valence-electron chi connectivity index (χ4n) is 2.23. The molecule has 20 heavy (non-hydrogen) atoms. The van der Waals surface area contributed by atoms with E-state index in [9.17, 15) is 0 Å². The van der Waals surface area contributed by atoms with Gasteiger partial charge in [-0.1, -0.05) is 36.7 Å². The van der Waals surface area contributed by atoms with Crippen LogP contribution in [0.2, 0.25) is 5.02 Å². The number of rotatable bonds is 5. The smallest absolute Gasteiger partial charge is 0.0468 e. The third-order valence-electron chi connectivity index (χ3n) is 3.36. The summed E-state index contributed by atoms with van der Waals surface area (Å²) in [6.45, 7) is 6.02. The van der Waals surface area contributed by atoms with Crippen LogP contribution in [0.15, 0.2) is 42.5 Å². The Hall–Kier alpha value is -1.51. The van der Waals surface area contributed by atoms with Crippen LogP contribution < -0.4 is 10.2 Å². The molecule has 0 aliphatic carbocycles. The Bertz CT molecular complexity index is 581. The quantitative estimate of drug-likeness (QED) is 0.870. The Morgan fingerprint density at radius 2 is 1.95 bits per heavy atom. The van der Waals surface area contributed by atoms with Crippen LogP contribution in [-0.4, -0.2) is 13.6 Å². The molecule has 3 heteroatoms. The number of nitrogens with one attached hydrogen (secondary N) is 1. The second kappa shape index (κ2) is 6.78. The third-order valence-corrected chi connectivity index (χ3v) is 3.60. The molecular weight excluding hydrogens is 268 g/mol. The van der Waals surface area contributed by atoms with Crippen molar-refractivity contribution in [2.45, 2.75) is 20.4 Å². The number of nitrogens with zero attached hydrogens (tertiary/aromatic N) is 1. The molecule has 0 bridgehead atoms. The molecule has 2 rings (SSSR count). The van der Waals surface area contributed by atoms with E-state index in [4.69, 9.17) is 11.6 Å². The van der Waals surface area contributed by atoms with Crippen molar-refractivity contribution in [3.63, 3.8) is 0 Å². The summed E-state index contributed by atoms with van der Waals surface area (Å²) >= 11 is 6.17. The van der Waals surface area contributed by atoms with Crippen molar-refractivity contribution < 1.29 is 0 Å². The number of hydrogen-bond donors (Lipinski definition) is 1. The first kappa shape index (κ1) is 14.9. The van der Waals surface area contributed by atoms with Crippen molar-refractivity contribution in [1.82, 2.24) is 5.32 Å². The van der Waals surface area contributed by atoms with Gasteiger partial charge in [0.2, 0.25) is 0 Å². The van der Waals surface area contributed by atoms with E-state index in [0.29, 0.717) is 0 Å². The van der Waals surface area contributed by atoms with E-state index in [1.807, 2.05) is 12.1 Å². The first-order valence-corrected chi connectivity index (χ1v) is 7.29. The van der Waals surface area contributed by atoms with Crippen molar-refractivity contribution in [1.29, 1.82) is 0 Å². The standard InChI is InChI=1S/C17H21ClN2/c1-4-19-12-14-8-9-15(18)11-17(14)20(3)16-7-5-6-13(2)10-16/h5-11,19H,4,12H2,1-3H3. The molecule has 0 saturated carbocycles. The summed E-state index contributed by atoms with van der Waals surface area (Å²) < 4.78 is 0. The average Bonchev–Trinajstić information content (AvgIpc) is 2.45. The average molecular weight is 289 g/mol. The Labute approximate surface area is 126 Å². The van der Waals surface area contributed by atoms with E-state index in [1.54, 1.807) is 0 Å². The Balaban J connectivity index is 2.37. The molecular formula is C17H21ClN2. The molecule has 0 amide bonds. The highest BCUT2D eigenvalue weighted by atomic mass is 35.5. The molecule has 0 unspecified atom stereocenters. The van der Waals surface area contributed by atoms with Crippen LogP contribution in [0.3, 0.4) is 0 Å². The van der Waals surface area contributed by atoms with E-state index in [-0.39, 0.29) is 0 Å². The SMILES string of the molecule is CCNCc1ccc(Cl)cc1N(C)c1cccc(C)c1. The minimum absolute atomic E-state index is 0.764. The lowest BCUT2D eigenvalue weighted by Gasteiger charge is -2.23. The number of halogens is 1. The Morgan fingerprint density at radius 3 is 2.65 bits per heavy atom. The van der Waals surface area contributed by atoms with E-state index in [2.05, 4.69) is 61.4 Å². The molecule has 0 heterocycles. The predicted octanol–water partition coefficient (Wildman–Crippen LogP) is 4.53. The summed E-state index contributed by atoms with van der Waals surface area (Å²) in [5.74, 6) is 0. The lowest BCUT2D eigenvalue weighted by atomic mass is 10.1. The molecule has 2 nitrogen and oxygen atoms in total. The topological polar surface area (TPSA) is 15.3 Å². The van der Waals surface area contributed by atoms with Gasteiger partial charge in [-0.3, -0.25) is 0 Å². The largest absolute Gasteiger partial charge is 0.344 e. The van der Waals surface area contributed by atoms with Crippen molar-refractivity contribution in [2.24, 2.45) is 0 Å². The van der Waals surface area contributed by atoms with E-state index in [1.165, 1.54) is 16.8 Å². The lowest BCUT2D eigenvalue weighted by Crippen LogP contribution is -2.17. The second-order valence-corrected chi connectivity index (χ2v) is 5.39. The monoisotopic (exact) mass is 288 g/mol. The van der Waals surface area contributed by atoms with Crippen LogP contribution >= 0.6 is 11.6 Å². The van der Waals surface area contributed by atoms with Crippen molar-refractivity contribution >= 4 is 23.0 Å². The van der Waals surface area contributed by atoms with Gasteiger partial charge in [0.25, 0.3) is 0 Å². The number of anilines is 2. The zero-order valence-electron chi connectivity index (χ0n) is 12.3. The Morgan fingerprint density at radius 1 is 1.15 bits per heavy atom. The highest BCUT2D eigenvalue weighted by Gasteiger charge is 2.10. The highest BCUT2D eigenvalue weighted by molar-refractivity contribution is 6.30. The first-order valence-electron chi connectivity index (χ1n) is 6.91. The van der Waals surface area contributed by atoms with E-state index in [0.717, 1.165) is 23.8 Å². The maximum absolute atomic E-state index is 6.17. The molecule has 2 aromatic rings. The van der Waals surface area contributed by atoms with Gasteiger partial charge >= 0.3 is 0 Å². The van der Waals surface area contributed by atoms with Gasteiger partial charge in [0.1, 0.15) is 0 Å². The van der Waals surface area contributed by atoms with Gasteiger partial charge in [-0.05, 0) is 48.9 Å². The summed E-state index contributed by atoms with van der Waals surface area (Å²) in [7, 11) is 2.08. The maximum Gasteiger partial charge on any atom is 0.0468 e. The van der Waals surface area contributed by atoms with Gasteiger partial charge in [-0.2, -0.15) is 0 Å². The van der Waals surface area contributed by atoms with Crippen molar-refractivity contribution in [2.75, 3.05) is 18.5 Å². The number of aryl methyl sites for hydroxylation is 1. The number of benzene rings is 2. The van der Waals surface area contributed by atoms with Gasteiger partial charge in [0, 0.05) is 30.0 Å². The van der Waals surface area contributed by atoms with E-state index < -0.39 is 0 Å². The molecule has 106 valence electrons. The molecule has 0 saturated heterocycles. The highest BCUT2D eigenvalue weighted by Crippen LogP contribution is 2.30. The molecule has 0 fully saturated rings. The van der Waals surface area contributed by atoms with Gasteiger partial charge in [0.15, 0.2) is 0 Å². The fraction of sp³-hybridized carbons (Fsp3) is 0.294. The van der Waals surface area contributed by atoms with Crippen molar-refractivity contribution in [3.05, 3.63) is 58.6 Å². The van der Waals surface area contributed by atoms with Gasteiger partial charge < -0.3 is 10.2 Å². The third kappa shape index (κ3) is 3.53. The lowest BCUT2D eigenvalue weighted by molar-refractivity contribution is 0.726. The molecule has 0 atom stereocenters. The van der Waals surface area contributed by atoms with Gasteiger partial charge in [0.05, 0.1) is 0 Å². The van der Waals surface area contributed by atoms with Crippen LogP contribution in [-0.2, 0) is 6.54 Å². The summed E-state index contributed by atoms with van der Waals surface area (Å²) in [6.07, 6.45) is 0. The first-order chi connectivity index (χ1) is 9.61. The molecule has 0 aliphatic heterocycles. The van der Waals surface area contributed by atoms with E-state index >= 15 is 0 Å². The predicted molar refractivity (Wildman–Crippen MR) is 88.1 cm³/mol. The van der Waals surface area contributed by atoms with Gasteiger partial charge in [-0.25, -0.2) is 0 Å². The maximum atomic E-state index is 6.17. The van der Waals surface area contributed by atoms with Crippen LogP contribution in [0.5, 0.6) is 0 Å². The summed E-state index contributed by atoms with van der Waals surface area (Å²) in [5, 5.41) is 4.14. The second-order valence-electron chi connectivity index (χ2n) is 4.95. The Kier molecular flexibility index (Phi) is 5.05. The molecule has 0 aliphatic rings. The number of hydrogen-bond acceptors (Lipinski definition) is 2. The van der Waals surface area contributed by atoms with Crippen LogP contribution in [0.4, 0.5) is 11.4 Å². The van der Waals surface area contributed by atoms with Gasteiger partial charge in [-0.15, -0.1) is 0 Å². The summed E-state index contributed by atoms with van der Waals surface area (Å²) in [5.41, 5.74) is 4.82. The van der Waals surface area contributed by atoms with Crippen molar-refractivity contribution in [3.8, 4) is 0 Å². The zero-order valence-corrected chi connectivity index (χ0v) is 13.0.